The zero-order valence-electron chi connectivity index (χ0n) is 17.8. The Hall–Kier alpha value is -2.68. The van der Waals surface area contributed by atoms with E-state index in [0.717, 1.165) is 0 Å². The predicted molar refractivity (Wildman–Crippen MR) is 110 cm³/mol. The van der Waals surface area contributed by atoms with Gasteiger partial charge in [-0.05, 0) is 39.0 Å². The molecule has 0 spiro atoms. The third kappa shape index (κ3) is 6.42. The van der Waals surface area contributed by atoms with Gasteiger partial charge in [-0.15, -0.1) is 0 Å². The molecule has 29 heavy (non-hydrogen) atoms. The number of methoxy groups -OCH3 is 2. The first-order valence-corrected chi connectivity index (χ1v) is 9.57. The van der Waals surface area contributed by atoms with Crippen LogP contribution in [0.15, 0.2) is 23.2 Å². The minimum atomic E-state index is -0.887. The van der Waals surface area contributed by atoms with E-state index in [0.29, 0.717) is 49.2 Å². The highest BCUT2D eigenvalue weighted by atomic mass is 16.6. The van der Waals surface area contributed by atoms with Crippen LogP contribution < -0.4 is 15.2 Å². The molecule has 0 bridgehead atoms. The lowest BCUT2D eigenvalue weighted by Crippen LogP contribution is -2.53. The third-order valence-corrected chi connectivity index (χ3v) is 4.48. The average molecular weight is 408 g/mol. The fourth-order valence-corrected chi connectivity index (χ4v) is 2.92. The number of hydrogen-bond acceptors (Lipinski definition) is 6. The van der Waals surface area contributed by atoms with Gasteiger partial charge in [-0.1, -0.05) is 0 Å². The molecule has 1 aromatic carbocycles. The van der Waals surface area contributed by atoms with Gasteiger partial charge in [-0.2, -0.15) is 0 Å². The molecule has 0 aromatic heterocycles. The number of nitrogens with two attached hydrogens (primary N) is 1. The van der Waals surface area contributed by atoms with E-state index in [2.05, 4.69) is 4.99 Å². The molecule has 3 N–H and O–H groups in total. The summed E-state index contributed by atoms with van der Waals surface area (Å²) >= 11 is 0. The maximum Gasteiger partial charge on any atom is 0.410 e. The van der Waals surface area contributed by atoms with Gasteiger partial charge in [0.1, 0.15) is 23.2 Å². The number of rotatable bonds is 5. The Kier molecular flexibility index (Phi) is 7.55. The van der Waals surface area contributed by atoms with Crippen LogP contribution in [0.3, 0.4) is 0 Å². The third-order valence-electron chi connectivity index (χ3n) is 4.48. The van der Waals surface area contributed by atoms with E-state index in [1.54, 1.807) is 37.3 Å². The molecule has 0 saturated carbocycles. The van der Waals surface area contributed by atoms with Gasteiger partial charge < -0.3 is 34.9 Å². The number of guanidine groups is 1. The van der Waals surface area contributed by atoms with Gasteiger partial charge in [0, 0.05) is 31.7 Å². The quantitative estimate of drug-likeness (QED) is 0.562. The number of amides is 1. The number of benzene rings is 1. The topological polar surface area (TPSA) is 110 Å². The van der Waals surface area contributed by atoms with Crippen LogP contribution in [0.1, 0.15) is 32.4 Å². The van der Waals surface area contributed by atoms with Crippen molar-refractivity contribution in [3.05, 3.63) is 23.8 Å². The van der Waals surface area contributed by atoms with Crippen molar-refractivity contribution in [2.24, 2.45) is 10.7 Å². The molecule has 0 radical (unpaired) electrons. The van der Waals surface area contributed by atoms with Crippen molar-refractivity contribution in [3.8, 4) is 11.5 Å². The van der Waals surface area contributed by atoms with Gasteiger partial charge in [0.2, 0.25) is 0 Å². The summed E-state index contributed by atoms with van der Waals surface area (Å²) in [6.07, 6.45) is -1.21. The SMILES string of the molecule is COc1ccc(OC)c(C(O)CN=C(N)N2CCN(C(=O)OC(C)(C)C)CC2)c1. The summed E-state index contributed by atoms with van der Waals surface area (Å²) in [6, 6.07) is 5.21. The number of aliphatic imine (C=N–C) groups is 1. The molecule has 1 saturated heterocycles. The summed E-state index contributed by atoms with van der Waals surface area (Å²) in [4.78, 5) is 20.0. The lowest BCUT2D eigenvalue weighted by molar-refractivity contribution is 0.0186. The van der Waals surface area contributed by atoms with Crippen LogP contribution >= 0.6 is 0 Å². The van der Waals surface area contributed by atoms with Crippen molar-refractivity contribution in [1.82, 2.24) is 9.80 Å². The second-order valence-electron chi connectivity index (χ2n) is 7.78. The number of ether oxygens (including phenoxy) is 3. The van der Waals surface area contributed by atoms with Gasteiger partial charge >= 0.3 is 6.09 Å². The molecular formula is C20H32N4O5. The standard InChI is InChI=1S/C20H32N4O5/c1-20(2,3)29-19(26)24-10-8-23(9-11-24)18(21)22-13-16(25)15-12-14(27-4)6-7-17(15)28-5/h6-7,12,16,25H,8-11,13H2,1-5H3,(H2,21,22). The lowest BCUT2D eigenvalue weighted by Gasteiger charge is -2.36. The molecule has 1 aromatic rings. The molecule has 9 heteroatoms. The second kappa shape index (κ2) is 9.69. The number of aliphatic hydroxyl groups is 1. The first-order chi connectivity index (χ1) is 13.6. The van der Waals surface area contributed by atoms with E-state index in [1.807, 2.05) is 25.7 Å². The maximum atomic E-state index is 12.1. The molecule has 162 valence electrons. The molecule has 1 unspecified atom stereocenters. The molecular weight excluding hydrogens is 376 g/mol. The molecule has 1 heterocycles. The van der Waals surface area contributed by atoms with Crippen molar-refractivity contribution < 1.29 is 24.1 Å². The molecule has 1 aliphatic heterocycles. The number of carbonyl (C=O) groups is 1. The second-order valence-corrected chi connectivity index (χ2v) is 7.78. The number of piperazine rings is 1. The normalized spacial score (nSPS) is 16.4. The van der Waals surface area contributed by atoms with E-state index in [-0.39, 0.29) is 12.6 Å². The number of carbonyl (C=O) groups excluding carboxylic acids is 1. The first kappa shape index (κ1) is 22.6. The number of nitrogens with zero attached hydrogens (tertiary/aromatic N) is 3. The van der Waals surface area contributed by atoms with Crippen LogP contribution in [-0.4, -0.2) is 79.5 Å². The van der Waals surface area contributed by atoms with E-state index >= 15 is 0 Å². The molecule has 1 fully saturated rings. The number of aliphatic hydroxyl groups excluding tert-OH is 1. The summed E-state index contributed by atoms with van der Waals surface area (Å²) < 4.78 is 15.9. The Bertz CT molecular complexity index is 724. The van der Waals surface area contributed by atoms with Gasteiger partial charge in [-0.3, -0.25) is 4.99 Å². The van der Waals surface area contributed by atoms with Crippen molar-refractivity contribution >= 4 is 12.1 Å². The fourth-order valence-electron chi connectivity index (χ4n) is 2.92. The van der Waals surface area contributed by atoms with Crippen LogP contribution in [0.4, 0.5) is 4.79 Å². The summed E-state index contributed by atoms with van der Waals surface area (Å²) in [5.41, 5.74) is 6.16. The molecule has 1 amide bonds. The van der Waals surface area contributed by atoms with Crippen LogP contribution in [0.2, 0.25) is 0 Å². The van der Waals surface area contributed by atoms with Gasteiger partial charge in [0.05, 0.1) is 20.8 Å². The Morgan fingerprint density at radius 3 is 2.34 bits per heavy atom. The molecule has 1 aliphatic rings. The molecule has 9 nitrogen and oxygen atoms in total. The summed E-state index contributed by atoms with van der Waals surface area (Å²) in [7, 11) is 3.10. The van der Waals surface area contributed by atoms with Gasteiger partial charge in [0.15, 0.2) is 5.96 Å². The first-order valence-electron chi connectivity index (χ1n) is 9.57. The molecule has 1 atom stereocenters. The van der Waals surface area contributed by atoms with Crippen molar-refractivity contribution in [3.63, 3.8) is 0 Å². The Balaban J connectivity index is 1.93. The predicted octanol–water partition coefficient (Wildman–Crippen LogP) is 1.60. The highest BCUT2D eigenvalue weighted by Gasteiger charge is 2.26. The van der Waals surface area contributed by atoms with E-state index in [4.69, 9.17) is 19.9 Å². The minimum absolute atomic E-state index is 0.0850. The summed E-state index contributed by atoms with van der Waals surface area (Å²) in [5, 5.41) is 10.5. The highest BCUT2D eigenvalue weighted by Crippen LogP contribution is 2.29. The molecule has 0 aliphatic carbocycles. The largest absolute Gasteiger partial charge is 0.497 e. The van der Waals surface area contributed by atoms with Crippen molar-refractivity contribution in [2.45, 2.75) is 32.5 Å². The highest BCUT2D eigenvalue weighted by molar-refractivity contribution is 5.78. The average Bonchev–Trinajstić information content (AvgIpc) is 2.70. The Morgan fingerprint density at radius 2 is 1.79 bits per heavy atom. The lowest BCUT2D eigenvalue weighted by atomic mass is 10.1. The summed E-state index contributed by atoms with van der Waals surface area (Å²) in [6.45, 7) is 7.70. The monoisotopic (exact) mass is 408 g/mol. The smallest absolute Gasteiger partial charge is 0.410 e. The van der Waals surface area contributed by atoms with Gasteiger partial charge in [-0.25, -0.2) is 4.79 Å². The van der Waals surface area contributed by atoms with Crippen molar-refractivity contribution in [2.75, 3.05) is 46.9 Å². The van der Waals surface area contributed by atoms with Crippen LogP contribution in [-0.2, 0) is 4.74 Å². The Morgan fingerprint density at radius 1 is 1.17 bits per heavy atom. The van der Waals surface area contributed by atoms with Crippen molar-refractivity contribution in [1.29, 1.82) is 0 Å². The van der Waals surface area contributed by atoms with Crippen LogP contribution in [0.5, 0.6) is 11.5 Å². The minimum Gasteiger partial charge on any atom is -0.497 e. The van der Waals surface area contributed by atoms with E-state index in [1.165, 1.54) is 0 Å². The zero-order valence-corrected chi connectivity index (χ0v) is 17.8. The molecule has 2 rings (SSSR count). The Labute approximate surface area is 172 Å². The maximum absolute atomic E-state index is 12.1. The van der Waals surface area contributed by atoms with E-state index < -0.39 is 11.7 Å². The zero-order chi connectivity index (χ0) is 21.6. The fraction of sp³-hybridized carbons (Fsp3) is 0.600. The van der Waals surface area contributed by atoms with Crippen LogP contribution in [0.25, 0.3) is 0 Å². The van der Waals surface area contributed by atoms with Gasteiger partial charge in [0.25, 0.3) is 0 Å². The van der Waals surface area contributed by atoms with Crippen LogP contribution in [0, 0.1) is 0 Å². The number of hydrogen-bond donors (Lipinski definition) is 2. The summed E-state index contributed by atoms with van der Waals surface area (Å²) in [5.74, 6) is 1.50. The van der Waals surface area contributed by atoms with E-state index in [9.17, 15) is 9.90 Å².